The van der Waals surface area contributed by atoms with E-state index < -0.39 is 0 Å². The largest absolute Gasteiger partial charge is 0.315 e. The molecule has 1 N–H and O–H groups in total. The molecule has 0 atom stereocenters. The van der Waals surface area contributed by atoms with Crippen molar-refractivity contribution in [1.82, 2.24) is 5.32 Å². The fraction of sp³-hybridized carbons (Fsp3) is 0.538. The number of hydrogen-bond acceptors (Lipinski definition) is 1. The molecule has 1 heterocycles. The van der Waals surface area contributed by atoms with Gasteiger partial charge in [0.1, 0.15) is 0 Å². The van der Waals surface area contributed by atoms with Gasteiger partial charge in [0, 0.05) is 18.5 Å². The highest BCUT2D eigenvalue weighted by Crippen LogP contribution is 2.33. The molecule has 1 aliphatic heterocycles. The fourth-order valence-electron chi connectivity index (χ4n) is 2.81. The minimum Gasteiger partial charge on any atom is -0.315 e. The molecule has 0 unspecified atom stereocenters. The molecule has 1 heteroatoms. The van der Waals surface area contributed by atoms with E-state index in [-0.39, 0.29) is 0 Å². The highest BCUT2D eigenvalue weighted by Gasteiger charge is 2.35. The van der Waals surface area contributed by atoms with E-state index in [1.54, 1.807) is 5.56 Å². The van der Waals surface area contributed by atoms with Crippen LogP contribution in [0.15, 0.2) is 12.1 Å². The minimum absolute atomic E-state index is 0.377. The maximum Gasteiger partial charge on any atom is 0.0179 e. The van der Waals surface area contributed by atoms with Crippen molar-refractivity contribution in [2.75, 3.05) is 13.1 Å². The molecular formula is C13H19N. The molecule has 76 valence electrons. The van der Waals surface area contributed by atoms with E-state index >= 15 is 0 Å². The van der Waals surface area contributed by atoms with Gasteiger partial charge in [-0.15, -0.1) is 0 Å². The van der Waals surface area contributed by atoms with Gasteiger partial charge >= 0.3 is 0 Å². The lowest BCUT2D eigenvalue weighted by atomic mass is 9.73. The summed E-state index contributed by atoms with van der Waals surface area (Å²) >= 11 is 0. The third-order valence-electron chi connectivity index (χ3n) is 3.31. The van der Waals surface area contributed by atoms with E-state index in [9.17, 15) is 0 Å². The lowest BCUT2D eigenvalue weighted by Gasteiger charge is -2.42. The van der Waals surface area contributed by atoms with Gasteiger partial charge in [-0.25, -0.2) is 0 Å². The topological polar surface area (TPSA) is 12.0 Å². The second-order valence-electron chi connectivity index (χ2n) is 4.94. The van der Waals surface area contributed by atoms with Crippen LogP contribution in [0.25, 0.3) is 0 Å². The van der Waals surface area contributed by atoms with Gasteiger partial charge in [-0.05, 0) is 37.5 Å². The number of rotatable bonds is 1. The third kappa shape index (κ3) is 1.36. The lowest BCUT2D eigenvalue weighted by Crippen LogP contribution is -2.55. The van der Waals surface area contributed by atoms with Crippen LogP contribution in [0.5, 0.6) is 0 Å². The van der Waals surface area contributed by atoms with Crippen molar-refractivity contribution >= 4 is 0 Å². The van der Waals surface area contributed by atoms with Crippen LogP contribution in [-0.4, -0.2) is 13.1 Å². The summed E-state index contributed by atoms with van der Waals surface area (Å²) in [6, 6.07) is 4.60. The number of hydrogen-bond donors (Lipinski definition) is 1. The van der Waals surface area contributed by atoms with Gasteiger partial charge in [-0.1, -0.05) is 24.6 Å². The normalized spacial score (nSPS) is 19.1. The summed E-state index contributed by atoms with van der Waals surface area (Å²) in [5.74, 6) is 0. The van der Waals surface area contributed by atoms with E-state index in [2.05, 4.69) is 45.1 Å². The molecule has 1 fully saturated rings. The van der Waals surface area contributed by atoms with Crippen molar-refractivity contribution in [2.24, 2.45) is 0 Å². The molecule has 0 amide bonds. The van der Waals surface area contributed by atoms with Gasteiger partial charge in [-0.3, -0.25) is 0 Å². The van der Waals surface area contributed by atoms with Crippen LogP contribution in [0, 0.1) is 20.8 Å². The molecule has 0 spiro atoms. The fourth-order valence-corrected chi connectivity index (χ4v) is 2.81. The van der Waals surface area contributed by atoms with Gasteiger partial charge in [0.15, 0.2) is 0 Å². The van der Waals surface area contributed by atoms with Crippen molar-refractivity contribution in [3.63, 3.8) is 0 Å². The van der Waals surface area contributed by atoms with Crippen LogP contribution >= 0.6 is 0 Å². The van der Waals surface area contributed by atoms with Crippen LogP contribution in [-0.2, 0) is 5.41 Å². The predicted molar refractivity (Wildman–Crippen MR) is 60.9 cm³/mol. The summed E-state index contributed by atoms with van der Waals surface area (Å²) < 4.78 is 0. The van der Waals surface area contributed by atoms with Gasteiger partial charge in [0.2, 0.25) is 0 Å². The SMILES string of the molecule is Cc1cc(C)c(C2(C)CNC2)c(C)c1. The van der Waals surface area contributed by atoms with E-state index in [0.29, 0.717) is 5.41 Å². The first-order chi connectivity index (χ1) is 6.53. The van der Waals surface area contributed by atoms with E-state index in [4.69, 9.17) is 0 Å². The van der Waals surface area contributed by atoms with Crippen LogP contribution in [0.4, 0.5) is 0 Å². The Labute approximate surface area is 86.5 Å². The maximum atomic E-state index is 3.37. The Balaban J connectivity index is 2.52. The molecular weight excluding hydrogens is 170 g/mol. The molecule has 0 aromatic heterocycles. The zero-order valence-electron chi connectivity index (χ0n) is 9.57. The van der Waals surface area contributed by atoms with Crippen molar-refractivity contribution in [3.8, 4) is 0 Å². The minimum atomic E-state index is 0.377. The Morgan fingerprint density at radius 3 is 1.93 bits per heavy atom. The Morgan fingerprint density at radius 2 is 1.57 bits per heavy atom. The van der Waals surface area contributed by atoms with Gasteiger partial charge in [-0.2, -0.15) is 0 Å². The Bertz CT molecular complexity index is 338. The van der Waals surface area contributed by atoms with Crippen molar-refractivity contribution in [1.29, 1.82) is 0 Å². The van der Waals surface area contributed by atoms with Gasteiger partial charge in [0.25, 0.3) is 0 Å². The first-order valence-electron chi connectivity index (χ1n) is 5.32. The molecule has 0 bridgehead atoms. The summed E-state index contributed by atoms with van der Waals surface area (Å²) in [6.07, 6.45) is 0. The average Bonchev–Trinajstić information content (AvgIpc) is 1.99. The average molecular weight is 189 g/mol. The molecule has 14 heavy (non-hydrogen) atoms. The number of nitrogens with one attached hydrogen (secondary N) is 1. The zero-order chi connectivity index (χ0) is 10.3. The number of aryl methyl sites for hydroxylation is 3. The highest BCUT2D eigenvalue weighted by atomic mass is 15.0. The molecule has 1 aromatic carbocycles. The first-order valence-corrected chi connectivity index (χ1v) is 5.32. The summed E-state index contributed by atoms with van der Waals surface area (Å²) in [6.45, 7) is 11.2. The van der Waals surface area contributed by atoms with Gasteiger partial charge < -0.3 is 5.32 Å². The van der Waals surface area contributed by atoms with Gasteiger partial charge in [0.05, 0.1) is 0 Å². The van der Waals surface area contributed by atoms with Crippen molar-refractivity contribution in [2.45, 2.75) is 33.1 Å². The summed E-state index contributed by atoms with van der Waals surface area (Å²) in [5.41, 5.74) is 6.21. The van der Waals surface area contributed by atoms with Crippen LogP contribution in [0.2, 0.25) is 0 Å². The summed E-state index contributed by atoms with van der Waals surface area (Å²) in [5, 5.41) is 3.37. The Kier molecular flexibility index (Phi) is 2.15. The van der Waals surface area contributed by atoms with Crippen LogP contribution in [0.3, 0.4) is 0 Å². The lowest BCUT2D eigenvalue weighted by molar-refractivity contribution is 0.303. The molecule has 1 aromatic rings. The van der Waals surface area contributed by atoms with Crippen LogP contribution < -0.4 is 5.32 Å². The molecule has 0 radical (unpaired) electrons. The Hall–Kier alpha value is -0.820. The van der Waals surface area contributed by atoms with Crippen molar-refractivity contribution in [3.05, 3.63) is 34.4 Å². The molecule has 1 nitrogen and oxygen atoms in total. The summed E-state index contributed by atoms with van der Waals surface area (Å²) in [7, 11) is 0. The molecule has 1 aliphatic rings. The van der Waals surface area contributed by atoms with E-state index in [1.165, 1.54) is 16.7 Å². The standard InChI is InChI=1S/C13H19N/c1-9-5-10(2)12(11(3)6-9)13(4)7-14-8-13/h5-6,14H,7-8H2,1-4H3. The third-order valence-corrected chi connectivity index (χ3v) is 3.31. The predicted octanol–water partition coefficient (Wildman–Crippen LogP) is 2.47. The maximum absolute atomic E-state index is 3.37. The Morgan fingerprint density at radius 1 is 1.07 bits per heavy atom. The molecule has 0 aliphatic carbocycles. The zero-order valence-corrected chi connectivity index (χ0v) is 9.57. The molecule has 0 saturated carbocycles. The molecule has 1 saturated heterocycles. The smallest absolute Gasteiger partial charge is 0.0179 e. The quantitative estimate of drug-likeness (QED) is 0.715. The monoisotopic (exact) mass is 189 g/mol. The van der Waals surface area contributed by atoms with E-state index in [1.807, 2.05) is 0 Å². The van der Waals surface area contributed by atoms with Crippen molar-refractivity contribution < 1.29 is 0 Å². The molecule has 2 rings (SSSR count). The highest BCUT2D eigenvalue weighted by molar-refractivity contribution is 5.44. The number of benzene rings is 1. The summed E-state index contributed by atoms with van der Waals surface area (Å²) in [4.78, 5) is 0. The second-order valence-corrected chi connectivity index (χ2v) is 4.94. The first kappa shape index (κ1) is 9.72. The van der Waals surface area contributed by atoms with E-state index in [0.717, 1.165) is 13.1 Å². The second kappa shape index (κ2) is 3.09. The van der Waals surface area contributed by atoms with Crippen LogP contribution in [0.1, 0.15) is 29.2 Å².